The van der Waals surface area contributed by atoms with Gasteiger partial charge in [-0.1, -0.05) is 17.7 Å². The normalized spacial score (nSPS) is 23.5. The molecule has 19 heavy (non-hydrogen) atoms. The quantitative estimate of drug-likeness (QED) is 0.905. The maximum atomic E-state index is 12.6. The molecule has 1 N–H and O–H groups in total. The van der Waals surface area contributed by atoms with Crippen molar-refractivity contribution in [2.45, 2.75) is 32.7 Å². The van der Waals surface area contributed by atoms with Gasteiger partial charge in [-0.3, -0.25) is 4.79 Å². The monoisotopic (exact) mass is 281 g/mol. The van der Waals surface area contributed by atoms with Gasteiger partial charge in [0.15, 0.2) is 0 Å². The number of carbonyl (C=O) groups is 1. The van der Waals surface area contributed by atoms with Crippen LogP contribution in [0, 0.1) is 12.8 Å². The number of likely N-dealkylation sites (tertiary alicyclic amines) is 1. The Hall–Kier alpha value is -1.06. The summed E-state index contributed by atoms with van der Waals surface area (Å²) in [5.74, 6) is 0.153. The van der Waals surface area contributed by atoms with Crippen LogP contribution in [0.2, 0.25) is 5.02 Å². The fraction of sp³-hybridized carbons (Fsp3) is 0.533. The van der Waals surface area contributed by atoms with Crippen LogP contribution in [0.25, 0.3) is 0 Å². The molecule has 4 heteroatoms. The first kappa shape index (κ1) is 14.4. The Labute approximate surface area is 119 Å². The topological polar surface area (TPSA) is 40.5 Å². The van der Waals surface area contributed by atoms with E-state index >= 15 is 0 Å². The van der Waals surface area contributed by atoms with Crippen molar-refractivity contribution >= 4 is 17.5 Å². The summed E-state index contributed by atoms with van der Waals surface area (Å²) in [7, 11) is 0. The molecule has 0 aliphatic carbocycles. The molecule has 1 saturated heterocycles. The van der Waals surface area contributed by atoms with E-state index < -0.39 is 0 Å². The van der Waals surface area contributed by atoms with Crippen molar-refractivity contribution in [3.05, 3.63) is 34.3 Å². The van der Waals surface area contributed by atoms with Crippen LogP contribution in [0.15, 0.2) is 18.2 Å². The van der Waals surface area contributed by atoms with Crippen LogP contribution in [0.5, 0.6) is 0 Å². The van der Waals surface area contributed by atoms with Gasteiger partial charge in [-0.05, 0) is 50.3 Å². The van der Waals surface area contributed by atoms with E-state index in [2.05, 4.69) is 0 Å². The van der Waals surface area contributed by atoms with Crippen LogP contribution < -0.4 is 0 Å². The number of aryl methyl sites for hydroxylation is 1. The van der Waals surface area contributed by atoms with Crippen molar-refractivity contribution in [2.75, 3.05) is 13.2 Å². The van der Waals surface area contributed by atoms with E-state index in [1.165, 1.54) is 0 Å². The van der Waals surface area contributed by atoms with E-state index in [-0.39, 0.29) is 24.5 Å². The molecule has 1 amide bonds. The summed E-state index contributed by atoms with van der Waals surface area (Å²) in [5.41, 5.74) is 1.60. The van der Waals surface area contributed by atoms with Crippen LogP contribution in [0.3, 0.4) is 0 Å². The lowest BCUT2D eigenvalue weighted by molar-refractivity contribution is 0.0489. The zero-order valence-corrected chi connectivity index (χ0v) is 12.2. The highest BCUT2D eigenvalue weighted by atomic mass is 35.5. The van der Waals surface area contributed by atoms with Crippen LogP contribution >= 0.6 is 11.6 Å². The van der Waals surface area contributed by atoms with Gasteiger partial charge in [0.2, 0.25) is 0 Å². The number of amides is 1. The summed E-state index contributed by atoms with van der Waals surface area (Å²) >= 11 is 6.16. The summed E-state index contributed by atoms with van der Waals surface area (Å²) in [6.07, 6.45) is 1.91. The van der Waals surface area contributed by atoms with Crippen molar-refractivity contribution in [3.8, 4) is 0 Å². The number of nitrogens with zero attached hydrogens (tertiary/aromatic N) is 1. The SMILES string of the molecule is Cc1ccc(C(=O)N2C[C@@H](CO)CC[C@@H]2C)c(Cl)c1. The summed E-state index contributed by atoms with van der Waals surface area (Å²) in [6.45, 7) is 4.75. The van der Waals surface area contributed by atoms with Gasteiger partial charge in [0, 0.05) is 19.2 Å². The van der Waals surface area contributed by atoms with Crippen LogP contribution in [0.1, 0.15) is 35.7 Å². The third kappa shape index (κ3) is 3.10. The van der Waals surface area contributed by atoms with Crippen molar-refractivity contribution in [3.63, 3.8) is 0 Å². The van der Waals surface area contributed by atoms with Gasteiger partial charge in [-0.25, -0.2) is 0 Å². The Balaban J connectivity index is 2.22. The third-order valence-corrected chi connectivity index (χ3v) is 4.17. The van der Waals surface area contributed by atoms with Crippen molar-refractivity contribution in [1.29, 1.82) is 0 Å². The predicted molar refractivity (Wildman–Crippen MR) is 76.5 cm³/mol. The molecule has 0 spiro atoms. The Morgan fingerprint density at radius 3 is 2.84 bits per heavy atom. The Morgan fingerprint density at radius 2 is 2.21 bits per heavy atom. The second-order valence-electron chi connectivity index (χ2n) is 5.42. The fourth-order valence-corrected chi connectivity index (χ4v) is 2.88. The molecule has 0 radical (unpaired) electrons. The minimum absolute atomic E-state index is 0.0318. The lowest BCUT2D eigenvalue weighted by Crippen LogP contribution is -2.46. The number of aliphatic hydroxyl groups excluding tert-OH is 1. The highest BCUT2D eigenvalue weighted by Crippen LogP contribution is 2.26. The summed E-state index contributed by atoms with van der Waals surface area (Å²) in [6, 6.07) is 5.70. The highest BCUT2D eigenvalue weighted by molar-refractivity contribution is 6.33. The molecule has 0 saturated carbocycles. The number of rotatable bonds is 2. The average molecular weight is 282 g/mol. The Bertz CT molecular complexity index is 475. The summed E-state index contributed by atoms with van der Waals surface area (Å²) in [4.78, 5) is 14.4. The standard InChI is InChI=1S/C15H20ClNO2/c1-10-3-6-13(14(16)7-10)15(19)17-8-12(9-18)5-4-11(17)2/h3,6-7,11-12,18H,4-5,8-9H2,1-2H3/t11-,12-/m0/s1. The summed E-state index contributed by atoms with van der Waals surface area (Å²) in [5, 5.41) is 9.78. The van der Waals surface area contributed by atoms with Crippen LogP contribution in [-0.4, -0.2) is 35.1 Å². The van der Waals surface area contributed by atoms with E-state index in [9.17, 15) is 9.90 Å². The van der Waals surface area contributed by atoms with E-state index in [4.69, 9.17) is 11.6 Å². The third-order valence-electron chi connectivity index (χ3n) is 3.85. The molecule has 2 atom stereocenters. The van der Waals surface area contributed by atoms with Gasteiger partial charge < -0.3 is 10.0 Å². The predicted octanol–water partition coefficient (Wildman–Crippen LogP) is 2.88. The molecule has 3 nitrogen and oxygen atoms in total. The number of hydrogen-bond acceptors (Lipinski definition) is 2. The van der Waals surface area contributed by atoms with Crippen LogP contribution in [-0.2, 0) is 0 Å². The minimum Gasteiger partial charge on any atom is -0.396 e. The lowest BCUT2D eigenvalue weighted by atomic mass is 9.93. The van der Waals surface area contributed by atoms with Gasteiger partial charge in [0.05, 0.1) is 10.6 Å². The number of piperidine rings is 1. The number of hydrogen-bond donors (Lipinski definition) is 1. The molecule has 1 aliphatic rings. The highest BCUT2D eigenvalue weighted by Gasteiger charge is 2.30. The summed E-state index contributed by atoms with van der Waals surface area (Å²) < 4.78 is 0. The lowest BCUT2D eigenvalue weighted by Gasteiger charge is -2.37. The Kier molecular flexibility index (Phi) is 4.48. The molecule has 0 unspecified atom stereocenters. The van der Waals surface area contributed by atoms with E-state index in [0.29, 0.717) is 17.1 Å². The first-order valence-electron chi connectivity index (χ1n) is 6.71. The van der Waals surface area contributed by atoms with E-state index in [1.807, 2.05) is 30.9 Å². The maximum absolute atomic E-state index is 12.6. The van der Waals surface area contributed by atoms with Gasteiger partial charge in [0.1, 0.15) is 0 Å². The smallest absolute Gasteiger partial charge is 0.255 e. The van der Waals surface area contributed by atoms with Crippen molar-refractivity contribution < 1.29 is 9.90 Å². The van der Waals surface area contributed by atoms with E-state index in [1.54, 1.807) is 6.07 Å². The maximum Gasteiger partial charge on any atom is 0.255 e. The average Bonchev–Trinajstić information content (AvgIpc) is 2.38. The first-order chi connectivity index (χ1) is 9.02. The van der Waals surface area contributed by atoms with Gasteiger partial charge in [-0.2, -0.15) is 0 Å². The Morgan fingerprint density at radius 1 is 1.47 bits per heavy atom. The largest absolute Gasteiger partial charge is 0.396 e. The fourth-order valence-electron chi connectivity index (χ4n) is 2.56. The van der Waals surface area contributed by atoms with Crippen LogP contribution in [0.4, 0.5) is 0 Å². The number of halogens is 1. The molecule has 2 rings (SSSR count). The molecule has 0 aromatic heterocycles. The molecule has 1 heterocycles. The molecular weight excluding hydrogens is 262 g/mol. The van der Waals surface area contributed by atoms with Gasteiger partial charge >= 0.3 is 0 Å². The zero-order valence-electron chi connectivity index (χ0n) is 11.4. The molecule has 104 valence electrons. The molecule has 1 aromatic rings. The van der Waals surface area contributed by atoms with Gasteiger partial charge in [0.25, 0.3) is 5.91 Å². The zero-order chi connectivity index (χ0) is 14.0. The van der Waals surface area contributed by atoms with Gasteiger partial charge in [-0.15, -0.1) is 0 Å². The van der Waals surface area contributed by atoms with E-state index in [0.717, 1.165) is 18.4 Å². The molecular formula is C15H20ClNO2. The van der Waals surface area contributed by atoms with Crippen molar-refractivity contribution in [1.82, 2.24) is 4.90 Å². The number of aliphatic hydroxyl groups is 1. The molecule has 1 aliphatic heterocycles. The second kappa shape index (κ2) is 5.93. The number of benzene rings is 1. The van der Waals surface area contributed by atoms with Crippen molar-refractivity contribution in [2.24, 2.45) is 5.92 Å². The molecule has 1 aromatic carbocycles. The first-order valence-corrected chi connectivity index (χ1v) is 7.08. The molecule has 1 fully saturated rings. The number of carbonyl (C=O) groups excluding carboxylic acids is 1. The minimum atomic E-state index is -0.0318. The molecule has 0 bridgehead atoms. The second-order valence-corrected chi connectivity index (χ2v) is 5.82.